The lowest BCUT2D eigenvalue weighted by molar-refractivity contribution is 0.147. The Morgan fingerprint density at radius 3 is 2.24 bits per heavy atom. The van der Waals surface area contributed by atoms with Crippen LogP contribution in [-0.2, 0) is 0 Å². The first-order valence-corrected chi connectivity index (χ1v) is 7.00. The maximum atomic E-state index is 10.6. The van der Waals surface area contributed by atoms with Gasteiger partial charge in [-0.15, -0.1) is 0 Å². The van der Waals surface area contributed by atoms with Crippen molar-refractivity contribution in [1.29, 1.82) is 0 Å². The van der Waals surface area contributed by atoms with Gasteiger partial charge in [-0.1, -0.05) is 46.5 Å². The van der Waals surface area contributed by atoms with Crippen molar-refractivity contribution in [2.75, 3.05) is 0 Å². The Kier molecular flexibility index (Phi) is 5.79. The Labute approximate surface area is 105 Å². The van der Waals surface area contributed by atoms with Crippen molar-refractivity contribution in [2.24, 2.45) is 17.8 Å². The van der Waals surface area contributed by atoms with Gasteiger partial charge < -0.3 is 10.4 Å². The van der Waals surface area contributed by atoms with E-state index in [0.717, 1.165) is 12.8 Å². The predicted molar refractivity (Wildman–Crippen MR) is 70.1 cm³/mol. The van der Waals surface area contributed by atoms with Gasteiger partial charge in [-0.05, 0) is 30.6 Å². The van der Waals surface area contributed by atoms with Crippen LogP contribution in [-0.4, -0.2) is 17.2 Å². The molecule has 0 bridgehead atoms. The summed E-state index contributed by atoms with van der Waals surface area (Å²) in [6.45, 7) is 6.56. The van der Waals surface area contributed by atoms with Crippen molar-refractivity contribution in [3.63, 3.8) is 0 Å². The first-order valence-electron chi connectivity index (χ1n) is 7.00. The average Bonchev–Trinajstić information content (AvgIpc) is 3.02. The smallest absolute Gasteiger partial charge is 0.404 e. The van der Waals surface area contributed by atoms with Crippen LogP contribution in [0.1, 0.15) is 59.3 Å². The van der Waals surface area contributed by atoms with E-state index in [2.05, 4.69) is 26.1 Å². The van der Waals surface area contributed by atoms with Crippen LogP contribution < -0.4 is 5.32 Å². The first kappa shape index (κ1) is 14.3. The normalized spacial score (nSPS) is 31.4. The van der Waals surface area contributed by atoms with Gasteiger partial charge in [-0.2, -0.15) is 0 Å². The van der Waals surface area contributed by atoms with Crippen LogP contribution in [0, 0.1) is 17.8 Å². The lowest BCUT2D eigenvalue weighted by atomic mass is 9.74. The summed E-state index contributed by atoms with van der Waals surface area (Å²) >= 11 is 0. The molecular formula is C14H27NO2. The van der Waals surface area contributed by atoms with Crippen molar-refractivity contribution in [3.05, 3.63) is 0 Å². The number of nitrogens with one attached hydrogen (secondary N) is 1. The minimum atomic E-state index is -0.880. The van der Waals surface area contributed by atoms with E-state index in [1.54, 1.807) is 0 Å². The second-order valence-electron chi connectivity index (χ2n) is 5.94. The summed E-state index contributed by atoms with van der Waals surface area (Å²) in [7, 11) is 0. The van der Waals surface area contributed by atoms with Crippen LogP contribution in [0.3, 0.4) is 0 Å². The number of hydrogen-bond acceptors (Lipinski definition) is 1. The highest BCUT2D eigenvalue weighted by Crippen LogP contribution is 2.33. The fourth-order valence-electron chi connectivity index (χ4n) is 2.53. The SMILES string of the molecule is C1CC1.CC(C)[C@@H]1CC[C@@H](C)C[C@@H]1NC(=O)O. The molecular weight excluding hydrogens is 214 g/mol. The van der Waals surface area contributed by atoms with Gasteiger partial charge in [0.1, 0.15) is 0 Å². The zero-order valence-corrected chi connectivity index (χ0v) is 11.4. The molecule has 0 spiro atoms. The topological polar surface area (TPSA) is 49.3 Å². The number of amides is 1. The van der Waals surface area contributed by atoms with Crippen molar-refractivity contribution in [1.82, 2.24) is 5.32 Å². The Hall–Kier alpha value is -0.730. The zero-order chi connectivity index (χ0) is 12.8. The van der Waals surface area contributed by atoms with Crippen molar-refractivity contribution >= 4 is 6.09 Å². The lowest BCUT2D eigenvalue weighted by Crippen LogP contribution is -2.45. The molecule has 2 fully saturated rings. The molecule has 3 heteroatoms. The van der Waals surface area contributed by atoms with Gasteiger partial charge in [0, 0.05) is 6.04 Å². The molecule has 2 aliphatic rings. The number of hydrogen-bond donors (Lipinski definition) is 2. The summed E-state index contributed by atoms with van der Waals surface area (Å²) < 4.78 is 0. The van der Waals surface area contributed by atoms with Gasteiger partial charge in [0.2, 0.25) is 0 Å². The summed E-state index contributed by atoms with van der Waals surface area (Å²) in [5, 5.41) is 11.4. The summed E-state index contributed by atoms with van der Waals surface area (Å²) in [5.41, 5.74) is 0. The van der Waals surface area contributed by atoms with E-state index < -0.39 is 6.09 Å². The summed E-state index contributed by atoms with van der Waals surface area (Å²) in [6, 6.07) is 0.163. The Bertz CT molecular complexity index is 236. The van der Waals surface area contributed by atoms with Gasteiger partial charge in [-0.3, -0.25) is 0 Å². The molecule has 0 aliphatic heterocycles. The van der Waals surface area contributed by atoms with E-state index in [0.29, 0.717) is 17.8 Å². The van der Waals surface area contributed by atoms with E-state index in [4.69, 9.17) is 5.11 Å². The molecule has 100 valence electrons. The maximum Gasteiger partial charge on any atom is 0.404 e. The van der Waals surface area contributed by atoms with Crippen molar-refractivity contribution in [2.45, 2.75) is 65.3 Å². The highest BCUT2D eigenvalue weighted by molar-refractivity contribution is 5.64. The monoisotopic (exact) mass is 241 g/mol. The van der Waals surface area contributed by atoms with E-state index in [9.17, 15) is 4.79 Å². The van der Waals surface area contributed by atoms with Gasteiger partial charge in [0.05, 0.1) is 0 Å². The number of rotatable bonds is 2. The largest absolute Gasteiger partial charge is 0.465 e. The highest BCUT2D eigenvalue weighted by Gasteiger charge is 2.31. The maximum absolute atomic E-state index is 10.6. The zero-order valence-electron chi connectivity index (χ0n) is 11.4. The molecule has 2 aliphatic carbocycles. The molecule has 0 radical (unpaired) electrons. The molecule has 17 heavy (non-hydrogen) atoms. The Morgan fingerprint density at radius 1 is 1.24 bits per heavy atom. The number of carboxylic acid groups (broad SMARTS) is 1. The second kappa shape index (κ2) is 6.87. The highest BCUT2D eigenvalue weighted by atomic mass is 16.4. The van der Waals surface area contributed by atoms with Crippen molar-refractivity contribution < 1.29 is 9.90 Å². The van der Waals surface area contributed by atoms with Crippen LogP contribution in [0.15, 0.2) is 0 Å². The molecule has 1 amide bonds. The predicted octanol–water partition coefficient (Wildman–Crippen LogP) is 3.89. The third-order valence-electron chi connectivity index (χ3n) is 3.68. The fourth-order valence-corrected chi connectivity index (χ4v) is 2.53. The molecule has 0 aromatic carbocycles. The average molecular weight is 241 g/mol. The standard InChI is InChI=1S/C11H21NO2.C3H6/c1-7(2)9-5-4-8(3)6-10(9)12-11(13)14;1-2-3-1/h7-10,12H,4-6H2,1-3H3,(H,13,14);1-3H2/t8-,9+,10+;/m1./s1. The quantitative estimate of drug-likeness (QED) is 0.770. The van der Waals surface area contributed by atoms with Crippen LogP contribution in [0.4, 0.5) is 4.79 Å². The molecule has 0 aromatic heterocycles. The van der Waals surface area contributed by atoms with Crippen LogP contribution in [0.5, 0.6) is 0 Å². The molecule has 0 heterocycles. The molecule has 0 saturated heterocycles. The second-order valence-corrected chi connectivity index (χ2v) is 5.94. The van der Waals surface area contributed by atoms with E-state index in [-0.39, 0.29) is 6.04 Å². The molecule has 0 unspecified atom stereocenters. The minimum absolute atomic E-state index is 0.163. The van der Waals surface area contributed by atoms with Crippen LogP contribution in [0.2, 0.25) is 0 Å². The lowest BCUT2D eigenvalue weighted by Gasteiger charge is -2.37. The third-order valence-corrected chi connectivity index (χ3v) is 3.68. The molecule has 3 atom stereocenters. The van der Waals surface area contributed by atoms with E-state index in [1.165, 1.54) is 25.7 Å². The Morgan fingerprint density at radius 2 is 1.82 bits per heavy atom. The molecule has 2 saturated carbocycles. The van der Waals surface area contributed by atoms with Crippen LogP contribution >= 0.6 is 0 Å². The van der Waals surface area contributed by atoms with Crippen LogP contribution in [0.25, 0.3) is 0 Å². The van der Waals surface area contributed by atoms with Gasteiger partial charge >= 0.3 is 6.09 Å². The molecule has 0 aromatic rings. The first-order chi connectivity index (χ1) is 8.00. The molecule has 2 N–H and O–H groups in total. The van der Waals surface area contributed by atoms with E-state index in [1.807, 2.05) is 0 Å². The number of carbonyl (C=O) groups is 1. The summed E-state index contributed by atoms with van der Waals surface area (Å²) in [4.78, 5) is 10.6. The molecule has 3 nitrogen and oxygen atoms in total. The van der Waals surface area contributed by atoms with Gasteiger partial charge in [0.15, 0.2) is 0 Å². The summed E-state index contributed by atoms with van der Waals surface area (Å²) in [6.07, 6.45) is 7.01. The van der Waals surface area contributed by atoms with E-state index >= 15 is 0 Å². The minimum Gasteiger partial charge on any atom is -0.465 e. The molecule has 2 rings (SSSR count). The fraction of sp³-hybridized carbons (Fsp3) is 0.929. The van der Waals surface area contributed by atoms with Gasteiger partial charge in [0.25, 0.3) is 0 Å². The Balaban J connectivity index is 0.000000415. The van der Waals surface area contributed by atoms with Crippen molar-refractivity contribution in [3.8, 4) is 0 Å². The van der Waals surface area contributed by atoms with Gasteiger partial charge in [-0.25, -0.2) is 4.79 Å². The third kappa shape index (κ3) is 5.94. The summed E-state index contributed by atoms with van der Waals surface area (Å²) in [5.74, 6) is 1.74.